The highest BCUT2D eigenvalue weighted by atomic mass is 32.2. The monoisotopic (exact) mass is 256 g/mol. The van der Waals surface area contributed by atoms with E-state index in [9.17, 15) is 8.42 Å². The molecule has 3 N–H and O–H groups in total. The molecular formula is C11H16N2O3S. The molecule has 17 heavy (non-hydrogen) atoms. The van der Waals surface area contributed by atoms with E-state index in [4.69, 9.17) is 10.5 Å². The van der Waals surface area contributed by atoms with Crippen LogP contribution in [0.4, 0.5) is 11.4 Å². The van der Waals surface area contributed by atoms with Gasteiger partial charge in [-0.05, 0) is 30.9 Å². The molecule has 1 fully saturated rings. The fourth-order valence-electron chi connectivity index (χ4n) is 1.59. The third kappa shape index (κ3) is 3.26. The van der Waals surface area contributed by atoms with Gasteiger partial charge in [0.05, 0.1) is 24.2 Å². The standard InChI is InChI=1S/C11H16N2O3S/c1-16-11-6-9(4-5-10(11)12)13-17(14,15)7-8-2-3-8/h4-6,8,13H,2-3,7,12H2,1H3. The normalized spacial score (nSPS) is 15.6. The van der Waals surface area contributed by atoms with Crippen molar-refractivity contribution in [2.75, 3.05) is 23.3 Å². The summed E-state index contributed by atoms with van der Waals surface area (Å²) in [6.45, 7) is 0. The molecule has 1 saturated carbocycles. The molecule has 0 unspecified atom stereocenters. The summed E-state index contributed by atoms with van der Waals surface area (Å²) in [5, 5.41) is 0. The average molecular weight is 256 g/mol. The van der Waals surface area contributed by atoms with Gasteiger partial charge in [0.15, 0.2) is 0 Å². The Morgan fingerprint density at radius 1 is 1.47 bits per heavy atom. The van der Waals surface area contributed by atoms with Crippen LogP contribution in [0.1, 0.15) is 12.8 Å². The topological polar surface area (TPSA) is 81.4 Å². The van der Waals surface area contributed by atoms with Crippen molar-refractivity contribution in [1.82, 2.24) is 0 Å². The number of anilines is 2. The molecule has 0 atom stereocenters. The number of benzene rings is 1. The van der Waals surface area contributed by atoms with E-state index in [1.54, 1.807) is 18.2 Å². The highest BCUT2D eigenvalue weighted by Gasteiger charge is 2.28. The Hall–Kier alpha value is -1.43. The maximum absolute atomic E-state index is 11.8. The molecule has 0 saturated heterocycles. The second-order valence-electron chi connectivity index (χ2n) is 4.28. The lowest BCUT2D eigenvalue weighted by atomic mass is 10.3. The number of hydrogen-bond acceptors (Lipinski definition) is 4. The Morgan fingerprint density at radius 3 is 2.76 bits per heavy atom. The predicted molar refractivity (Wildman–Crippen MR) is 67.5 cm³/mol. The Bertz CT molecular complexity index is 509. The zero-order valence-electron chi connectivity index (χ0n) is 9.64. The number of ether oxygens (including phenoxy) is 1. The van der Waals surface area contributed by atoms with Gasteiger partial charge in [-0.1, -0.05) is 0 Å². The summed E-state index contributed by atoms with van der Waals surface area (Å²) in [6.07, 6.45) is 2.01. The summed E-state index contributed by atoms with van der Waals surface area (Å²) in [4.78, 5) is 0. The molecule has 0 heterocycles. The van der Waals surface area contributed by atoms with E-state index in [-0.39, 0.29) is 5.75 Å². The molecule has 2 rings (SSSR count). The molecule has 0 amide bonds. The molecule has 1 aromatic rings. The van der Waals surface area contributed by atoms with E-state index in [1.807, 2.05) is 0 Å². The van der Waals surface area contributed by atoms with Crippen LogP contribution in [-0.2, 0) is 10.0 Å². The van der Waals surface area contributed by atoms with E-state index in [0.717, 1.165) is 12.8 Å². The quantitative estimate of drug-likeness (QED) is 0.781. The zero-order chi connectivity index (χ0) is 12.5. The Labute approximate surface area is 101 Å². The largest absolute Gasteiger partial charge is 0.495 e. The van der Waals surface area contributed by atoms with Crippen molar-refractivity contribution in [3.8, 4) is 5.75 Å². The summed E-state index contributed by atoms with van der Waals surface area (Å²) in [5.41, 5.74) is 6.62. The first-order valence-electron chi connectivity index (χ1n) is 5.44. The lowest BCUT2D eigenvalue weighted by molar-refractivity contribution is 0.417. The van der Waals surface area contributed by atoms with Crippen molar-refractivity contribution in [3.05, 3.63) is 18.2 Å². The van der Waals surface area contributed by atoms with Crippen LogP contribution in [-0.4, -0.2) is 21.3 Å². The molecule has 6 heteroatoms. The van der Waals surface area contributed by atoms with Gasteiger partial charge in [0.1, 0.15) is 5.75 Å². The molecule has 0 spiro atoms. The van der Waals surface area contributed by atoms with Crippen molar-refractivity contribution >= 4 is 21.4 Å². The number of nitrogen functional groups attached to an aromatic ring is 1. The highest BCUT2D eigenvalue weighted by molar-refractivity contribution is 7.92. The number of hydrogen-bond donors (Lipinski definition) is 2. The molecule has 0 radical (unpaired) electrons. The lowest BCUT2D eigenvalue weighted by Gasteiger charge is -2.10. The minimum absolute atomic E-state index is 0.194. The van der Waals surface area contributed by atoms with Crippen LogP contribution in [0, 0.1) is 5.92 Å². The van der Waals surface area contributed by atoms with Crippen LogP contribution >= 0.6 is 0 Å². The predicted octanol–water partition coefficient (Wildman–Crippen LogP) is 1.43. The first-order valence-corrected chi connectivity index (χ1v) is 7.09. The number of methoxy groups -OCH3 is 1. The van der Waals surface area contributed by atoms with Crippen molar-refractivity contribution in [3.63, 3.8) is 0 Å². The van der Waals surface area contributed by atoms with Crippen molar-refractivity contribution in [2.45, 2.75) is 12.8 Å². The van der Waals surface area contributed by atoms with E-state index < -0.39 is 10.0 Å². The molecule has 0 bridgehead atoms. The summed E-state index contributed by atoms with van der Waals surface area (Å²) in [5.74, 6) is 0.986. The molecule has 1 aromatic carbocycles. The van der Waals surface area contributed by atoms with Gasteiger partial charge < -0.3 is 10.5 Å². The first kappa shape index (κ1) is 12.0. The maximum Gasteiger partial charge on any atom is 0.232 e. The van der Waals surface area contributed by atoms with Gasteiger partial charge in [0.25, 0.3) is 0 Å². The average Bonchev–Trinajstić information content (AvgIpc) is 3.03. The number of nitrogens with one attached hydrogen (secondary N) is 1. The van der Waals surface area contributed by atoms with Crippen molar-refractivity contribution in [2.24, 2.45) is 5.92 Å². The van der Waals surface area contributed by atoms with Crippen LogP contribution in [0.15, 0.2) is 18.2 Å². The van der Waals surface area contributed by atoms with E-state index >= 15 is 0 Å². The molecular weight excluding hydrogens is 240 g/mol. The van der Waals surface area contributed by atoms with Gasteiger partial charge >= 0.3 is 0 Å². The lowest BCUT2D eigenvalue weighted by Crippen LogP contribution is -2.17. The molecule has 1 aliphatic rings. The van der Waals surface area contributed by atoms with Crippen LogP contribution in [0.25, 0.3) is 0 Å². The zero-order valence-corrected chi connectivity index (χ0v) is 10.5. The highest BCUT2D eigenvalue weighted by Crippen LogP contribution is 2.31. The second-order valence-corrected chi connectivity index (χ2v) is 6.05. The number of sulfonamides is 1. The fourth-order valence-corrected chi connectivity index (χ4v) is 3.11. The Morgan fingerprint density at radius 2 is 2.18 bits per heavy atom. The summed E-state index contributed by atoms with van der Waals surface area (Å²) >= 11 is 0. The van der Waals surface area contributed by atoms with E-state index in [0.29, 0.717) is 23.0 Å². The summed E-state index contributed by atoms with van der Waals surface area (Å²) in [7, 11) is -1.76. The van der Waals surface area contributed by atoms with Crippen LogP contribution < -0.4 is 15.2 Å². The third-order valence-electron chi connectivity index (χ3n) is 2.66. The number of rotatable bonds is 5. The fraction of sp³-hybridized carbons (Fsp3) is 0.455. The van der Waals surface area contributed by atoms with Crippen molar-refractivity contribution < 1.29 is 13.2 Å². The first-order chi connectivity index (χ1) is 8.00. The van der Waals surface area contributed by atoms with E-state index in [2.05, 4.69) is 4.72 Å². The van der Waals surface area contributed by atoms with Gasteiger partial charge in [-0.2, -0.15) is 0 Å². The van der Waals surface area contributed by atoms with Crippen molar-refractivity contribution in [1.29, 1.82) is 0 Å². The van der Waals surface area contributed by atoms with Crippen LogP contribution in [0.2, 0.25) is 0 Å². The minimum atomic E-state index is -3.26. The Kier molecular flexibility index (Phi) is 3.15. The summed E-state index contributed by atoms with van der Waals surface area (Å²) in [6, 6.07) is 4.83. The van der Waals surface area contributed by atoms with Gasteiger partial charge in [-0.15, -0.1) is 0 Å². The molecule has 5 nitrogen and oxygen atoms in total. The SMILES string of the molecule is COc1cc(NS(=O)(=O)CC2CC2)ccc1N. The van der Waals surface area contributed by atoms with Crippen LogP contribution in [0.3, 0.4) is 0 Å². The molecule has 0 aliphatic heterocycles. The van der Waals surface area contributed by atoms with Gasteiger partial charge in [-0.25, -0.2) is 8.42 Å². The third-order valence-corrected chi connectivity index (χ3v) is 4.12. The van der Waals surface area contributed by atoms with Gasteiger partial charge in [-0.3, -0.25) is 4.72 Å². The van der Waals surface area contributed by atoms with Gasteiger partial charge in [0.2, 0.25) is 10.0 Å². The minimum Gasteiger partial charge on any atom is -0.495 e. The molecule has 1 aliphatic carbocycles. The summed E-state index contributed by atoms with van der Waals surface area (Å²) < 4.78 is 31.1. The molecule has 0 aromatic heterocycles. The Balaban J connectivity index is 2.12. The maximum atomic E-state index is 11.8. The molecule has 94 valence electrons. The number of nitrogens with two attached hydrogens (primary N) is 1. The van der Waals surface area contributed by atoms with Gasteiger partial charge in [0, 0.05) is 6.07 Å². The second kappa shape index (κ2) is 4.44. The van der Waals surface area contributed by atoms with Crippen LogP contribution in [0.5, 0.6) is 5.75 Å². The smallest absolute Gasteiger partial charge is 0.232 e. The van der Waals surface area contributed by atoms with E-state index in [1.165, 1.54) is 7.11 Å².